The molecule has 2 aromatic rings. The van der Waals surface area contributed by atoms with Gasteiger partial charge in [0.2, 0.25) is 0 Å². The standard InChI is InChI=1S/C21H28N2O3S/c1-15(2)20(16(3)4)22-21(24)18-13-9-10-14-19(18)23(5)27(25,26)17-11-7-6-8-12-17/h6-16,20H,1-5H3,(H,22,24). The van der Waals surface area contributed by atoms with Crippen LogP contribution in [0.25, 0.3) is 0 Å². The van der Waals surface area contributed by atoms with Crippen LogP contribution in [-0.4, -0.2) is 27.4 Å². The maximum Gasteiger partial charge on any atom is 0.264 e. The van der Waals surface area contributed by atoms with Crippen LogP contribution < -0.4 is 9.62 Å². The second-order valence-electron chi connectivity index (χ2n) is 7.29. The Labute approximate surface area is 162 Å². The summed E-state index contributed by atoms with van der Waals surface area (Å²) in [5.74, 6) is 0.270. The van der Waals surface area contributed by atoms with Crippen molar-refractivity contribution in [1.29, 1.82) is 0 Å². The molecule has 2 aromatic carbocycles. The zero-order chi connectivity index (χ0) is 20.2. The minimum atomic E-state index is -3.76. The largest absolute Gasteiger partial charge is 0.349 e. The van der Waals surface area contributed by atoms with Gasteiger partial charge in [-0.05, 0) is 36.1 Å². The number of carbonyl (C=O) groups excluding carboxylic acids is 1. The van der Waals surface area contributed by atoms with Crippen molar-refractivity contribution < 1.29 is 13.2 Å². The van der Waals surface area contributed by atoms with E-state index in [1.54, 1.807) is 54.6 Å². The van der Waals surface area contributed by atoms with Gasteiger partial charge in [0.15, 0.2) is 0 Å². The lowest BCUT2D eigenvalue weighted by molar-refractivity contribution is 0.0911. The van der Waals surface area contributed by atoms with Gasteiger partial charge >= 0.3 is 0 Å². The number of nitrogens with zero attached hydrogens (tertiary/aromatic N) is 1. The fourth-order valence-corrected chi connectivity index (χ4v) is 4.39. The van der Waals surface area contributed by atoms with Gasteiger partial charge in [0.05, 0.1) is 16.1 Å². The number of hydrogen-bond acceptors (Lipinski definition) is 3. The van der Waals surface area contributed by atoms with Crippen molar-refractivity contribution in [1.82, 2.24) is 5.32 Å². The molecule has 0 fully saturated rings. The van der Waals surface area contributed by atoms with Gasteiger partial charge in [-0.3, -0.25) is 9.10 Å². The van der Waals surface area contributed by atoms with Gasteiger partial charge in [-0.15, -0.1) is 0 Å². The number of para-hydroxylation sites is 1. The highest BCUT2D eigenvalue weighted by Crippen LogP contribution is 2.26. The number of hydrogen-bond donors (Lipinski definition) is 1. The average Bonchev–Trinajstić information content (AvgIpc) is 2.65. The minimum absolute atomic E-state index is 0.00147. The molecule has 5 nitrogen and oxygen atoms in total. The molecular formula is C21H28N2O3S. The van der Waals surface area contributed by atoms with Crippen molar-refractivity contribution in [2.45, 2.75) is 38.6 Å². The summed E-state index contributed by atoms with van der Waals surface area (Å²) in [4.78, 5) is 13.1. The lowest BCUT2D eigenvalue weighted by atomic mass is 9.93. The Morgan fingerprint density at radius 2 is 1.41 bits per heavy atom. The summed E-state index contributed by atoms with van der Waals surface area (Å²) in [6.07, 6.45) is 0. The number of anilines is 1. The molecule has 0 radical (unpaired) electrons. The van der Waals surface area contributed by atoms with E-state index < -0.39 is 10.0 Å². The number of sulfonamides is 1. The van der Waals surface area contributed by atoms with Gasteiger partial charge in [0, 0.05) is 13.1 Å². The summed E-state index contributed by atoms with van der Waals surface area (Å²) in [7, 11) is -2.29. The van der Waals surface area contributed by atoms with E-state index in [0.29, 0.717) is 11.3 Å². The van der Waals surface area contributed by atoms with Crippen molar-refractivity contribution >= 4 is 21.6 Å². The van der Waals surface area contributed by atoms with Crippen LogP contribution in [0.2, 0.25) is 0 Å². The number of amides is 1. The molecule has 0 aliphatic carbocycles. The normalized spacial score (nSPS) is 11.9. The lowest BCUT2D eigenvalue weighted by Crippen LogP contribution is -2.42. The Bertz CT molecular complexity index is 869. The fourth-order valence-electron chi connectivity index (χ4n) is 3.15. The second-order valence-corrected chi connectivity index (χ2v) is 9.26. The third-order valence-corrected chi connectivity index (χ3v) is 6.41. The highest BCUT2D eigenvalue weighted by molar-refractivity contribution is 7.92. The maximum atomic E-state index is 12.9. The highest BCUT2D eigenvalue weighted by Gasteiger charge is 2.26. The molecule has 0 bridgehead atoms. The van der Waals surface area contributed by atoms with E-state index in [2.05, 4.69) is 33.0 Å². The maximum absolute atomic E-state index is 12.9. The molecule has 27 heavy (non-hydrogen) atoms. The Hall–Kier alpha value is -2.34. The molecular weight excluding hydrogens is 360 g/mol. The van der Waals surface area contributed by atoms with Crippen LogP contribution in [0.5, 0.6) is 0 Å². The fraction of sp³-hybridized carbons (Fsp3) is 0.381. The predicted octanol–water partition coefficient (Wildman–Crippen LogP) is 3.92. The molecule has 0 aromatic heterocycles. The summed E-state index contributed by atoms with van der Waals surface area (Å²) in [6, 6.07) is 15.0. The van der Waals surface area contributed by atoms with Crippen LogP contribution in [0, 0.1) is 11.8 Å². The molecule has 0 atom stereocenters. The van der Waals surface area contributed by atoms with Crippen molar-refractivity contribution in [3.63, 3.8) is 0 Å². The summed E-state index contributed by atoms with van der Waals surface area (Å²) in [5.41, 5.74) is 0.691. The topological polar surface area (TPSA) is 66.5 Å². The molecule has 0 spiro atoms. The zero-order valence-electron chi connectivity index (χ0n) is 16.5. The molecule has 1 N–H and O–H groups in total. The molecule has 0 aliphatic rings. The SMILES string of the molecule is CC(C)C(NC(=O)c1ccccc1N(C)S(=O)(=O)c1ccccc1)C(C)C. The highest BCUT2D eigenvalue weighted by atomic mass is 32.2. The average molecular weight is 389 g/mol. The van der Waals surface area contributed by atoms with Crippen LogP contribution in [0.15, 0.2) is 59.5 Å². The molecule has 0 saturated heterocycles. The Morgan fingerprint density at radius 3 is 1.96 bits per heavy atom. The quantitative estimate of drug-likeness (QED) is 0.782. The second kappa shape index (κ2) is 8.57. The van der Waals surface area contributed by atoms with E-state index in [-0.39, 0.29) is 28.7 Å². The summed E-state index contributed by atoms with van der Waals surface area (Å²) >= 11 is 0. The van der Waals surface area contributed by atoms with E-state index in [0.717, 1.165) is 4.31 Å². The van der Waals surface area contributed by atoms with Crippen molar-refractivity contribution in [3.8, 4) is 0 Å². The monoisotopic (exact) mass is 388 g/mol. The molecule has 0 unspecified atom stereocenters. The van der Waals surface area contributed by atoms with Crippen LogP contribution in [0.4, 0.5) is 5.69 Å². The van der Waals surface area contributed by atoms with Crippen LogP contribution >= 0.6 is 0 Å². The van der Waals surface area contributed by atoms with Gasteiger partial charge < -0.3 is 5.32 Å². The van der Waals surface area contributed by atoms with E-state index in [9.17, 15) is 13.2 Å². The summed E-state index contributed by atoms with van der Waals surface area (Å²) < 4.78 is 27.0. The first-order valence-corrected chi connectivity index (χ1v) is 10.5. The summed E-state index contributed by atoms with van der Waals surface area (Å²) in [5, 5.41) is 3.06. The van der Waals surface area contributed by atoms with Crippen LogP contribution in [0.1, 0.15) is 38.1 Å². The summed E-state index contributed by atoms with van der Waals surface area (Å²) in [6.45, 7) is 8.23. The molecule has 0 heterocycles. The van der Waals surface area contributed by atoms with E-state index in [1.165, 1.54) is 7.05 Å². The van der Waals surface area contributed by atoms with Gasteiger partial charge in [0.1, 0.15) is 0 Å². The number of nitrogens with one attached hydrogen (secondary N) is 1. The molecule has 6 heteroatoms. The van der Waals surface area contributed by atoms with E-state index in [1.807, 2.05) is 0 Å². The first-order valence-electron chi connectivity index (χ1n) is 9.10. The first-order chi connectivity index (χ1) is 12.7. The lowest BCUT2D eigenvalue weighted by Gasteiger charge is -2.27. The van der Waals surface area contributed by atoms with E-state index >= 15 is 0 Å². The Balaban J connectivity index is 2.39. The van der Waals surface area contributed by atoms with E-state index in [4.69, 9.17) is 0 Å². The number of rotatable bonds is 7. The van der Waals surface area contributed by atoms with Gasteiger partial charge in [0.25, 0.3) is 15.9 Å². The zero-order valence-corrected chi connectivity index (χ0v) is 17.3. The molecule has 0 saturated carbocycles. The number of carbonyl (C=O) groups is 1. The van der Waals surface area contributed by atoms with Gasteiger partial charge in [-0.2, -0.15) is 0 Å². The van der Waals surface area contributed by atoms with Crippen molar-refractivity contribution in [3.05, 3.63) is 60.2 Å². The minimum Gasteiger partial charge on any atom is -0.349 e. The molecule has 146 valence electrons. The van der Waals surface area contributed by atoms with Gasteiger partial charge in [-0.25, -0.2) is 8.42 Å². The van der Waals surface area contributed by atoms with Crippen LogP contribution in [0.3, 0.4) is 0 Å². The third-order valence-electron chi connectivity index (χ3n) is 4.62. The number of benzene rings is 2. The molecule has 0 aliphatic heterocycles. The Kier molecular flexibility index (Phi) is 6.65. The van der Waals surface area contributed by atoms with Crippen LogP contribution in [-0.2, 0) is 10.0 Å². The molecule has 2 rings (SSSR count). The van der Waals surface area contributed by atoms with Gasteiger partial charge in [-0.1, -0.05) is 58.0 Å². The first kappa shape index (κ1) is 21.0. The predicted molar refractivity (Wildman–Crippen MR) is 109 cm³/mol. The smallest absolute Gasteiger partial charge is 0.264 e. The third kappa shape index (κ3) is 4.69. The van der Waals surface area contributed by atoms with Crippen molar-refractivity contribution in [2.75, 3.05) is 11.4 Å². The van der Waals surface area contributed by atoms with Crippen molar-refractivity contribution in [2.24, 2.45) is 11.8 Å². The molecule has 1 amide bonds. The Morgan fingerprint density at radius 1 is 0.889 bits per heavy atom.